The number of rotatable bonds is 8. The summed E-state index contributed by atoms with van der Waals surface area (Å²) in [5.74, 6) is -3.61. The number of ether oxygens (including phenoxy) is 1. The second-order valence-corrected chi connectivity index (χ2v) is 7.68. The number of esters is 1. The van der Waals surface area contributed by atoms with Crippen molar-refractivity contribution in [2.45, 2.75) is 18.7 Å². The Morgan fingerprint density at radius 3 is 2.36 bits per heavy atom. The van der Waals surface area contributed by atoms with Gasteiger partial charge in [-0.25, -0.2) is 22.0 Å². The van der Waals surface area contributed by atoms with Gasteiger partial charge in [0, 0.05) is 13.1 Å². The van der Waals surface area contributed by atoms with Crippen LogP contribution >= 0.6 is 0 Å². The fourth-order valence-electron chi connectivity index (χ4n) is 2.50. The molecule has 0 radical (unpaired) electrons. The van der Waals surface area contributed by atoms with Gasteiger partial charge in [-0.15, -0.1) is 0 Å². The summed E-state index contributed by atoms with van der Waals surface area (Å²) < 4.78 is 57.9. The molecule has 0 spiro atoms. The van der Waals surface area contributed by atoms with Gasteiger partial charge in [0.1, 0.15) is 11.6 Å². The van der Waals surface area contributed by atoms with Crippen molar-refractivity contribution in [3.63, 3.8) is 0 Å². The lowest BCUT2D eigenvalue weighted by molar-refractivity contribution is 0.0473. The van der Waals surface area contributed by atoms with Gasteiger partial charge in [0.15, 0.2) is 6.61 Å². The summed E-state index contributed by atoms with van der Waals surface area (Å²) >= 11 is 0. The van der Waals surface area contributed by atoms with E-state index in [1.807, 2.05) is 0 Å². The van der Waals surface area contributed by atoms with Gasteiger partial charge < -0.3 is 4.74 Å². The van der Waals surface area contributed by atoms with E-state index in [0.29, 0.717) is 6.07 Å². The molecule has 2 aromatic carbocycles. The summed E-state index contributed by atoms with van der Waals surface area (Å²) in [6.07, 6.45) is 0. The molecule has 0 amide bonds. The first kappa shape index (κ1) is 21.6. The summed E-state index contributed by atoms with van der Waals surface area (Å²) in [6.45, 7) is 3.10. The quantitative estimate of drug-likeness (QED) is 0.493. The number of carbonyl (C=O) groups excluding carboxylic acids is 2. The van der Waals surface area contributed by atoms with Crippen LogP contribution in [0.4, 0.5) is 8.78 Å². The Morgan fingerprint density at radius 2 is 1.71 bits per heavy atom. The Labute approximate surface area is 161 Å². The molecule has 0 unspecified atom stereocenters. The fraction of sp³-hybridized carbons (Fsp3) is 0.263. The average molecular weight is 411 g/mol. The highest BCUT2D eigenvalue weighted by Crippen LogP contribution is 2.18. The molecule has 0 heterocycles. The van der Waals surface area contributed by atoms with Gasteiger partial charge in [-0.3, -0.25) is 4.79 Å². The third-order valence-electron chi connectivity index (χ3n) is 3.98. The van der Waals surface area contributed by atoms with Crippen LogP contribution in [0, 0.1) is 11.6 Å². The third kappa shape index (κ3) is 4.79. The largest absolute Gasteiger partial charge is 0.454 e. The summed E-state index contributed by atoms with van der Waals surface area (Å²) in [5, 5.41) is 0. The van der Waals surface area contributed by atoms with Crippen LogP contribution in [0.2, 0.25) is 0 Å². The van der Waals surface area contributed by atoms with Gasteiger partial charge in [0.25, 0.3) is 0 Å². The van der Waals surface area contributed by atoms with Crippen LogP contribution in [0.5, 0.6) is 0 Å². The van der Waals surface area contributed by atoms with Crippen molar-refractivity contribution in [1.82, 2.24) is 4.31 Å². The highest BCUT2D eigenvalue weighted by Gasteiger charge is 2.23. The predicted molar refractivity (Wildman–Crippen MR) is 97.5 cm³/mol. The zero-order valence-corrected chi connectivity index (χ0v) is 16.1. The average Bonchev–Trinajstić information content (AvgIpc) is 2.68. The van der Waals surface area contributed by atoms with Gasteiger partial charge in [-0.1, -0.05) is 19.9 Å². The maximum absolute atomic E-state index is 13.6. The SMILES string of the molecule is CCN(CC)S(=O)(=O)c1cccc(C(=O)OCC(=O)c2cc(F)ccc2F)c1. The normalized spacial score (nSPS) is 11.5. The monoisotopic (exact) mass is 411 g/mol. The van der Waals surface area contributed by atoms with Crippen LogP contribution < -0.4 is 0 Å². The maximum Gasteiger partial charge on any atom is 0.338 e. The minimum atomic E-state index is -3.77. The molecule has 150 valence electrons. The van der Waals surface area contributed by atoms with Gasteiger partial charge >= 0.3 is 5.97 Å². The number of nitrogens with zero attached hydrogens (tertiary/aromatic N) is 1. The van der Waals surface area contributed by atoms with Crippen LogP contribution in [0.3, 0.4) is 0 Å². The number of hydrogen-bond acceptors (Lipinski definition) is 5. The molecule has 2 rings (SSSR count). The summed E-state index contributed by atoms with van der Waals surface area (Å²) in [4.78, 5) is 24.0. The number of benzene rings is 2. The molecule has 0 bridgehead atoms. The lowest BCUT2D eigenvalue weighted by atomic mass is 10.1. The van der Waals surface area contributed by atoms with Crippen molar-refractivity contribution in [2.75, 3.05) is 19.7 Å². The molecule has 0 atom stereocenters. The second-order valence-electron chi connectivity index (χ2n) is 5.74. The van der Waals surface area contributed by atoms with Gasteiger partial charge in [-0.05, 0) is 36.4 Å². The lowest BCUT2D eigenvalue weighted by Crippen LogP contribution is -2.30. The van der Waals surface area contributed by atoms with Crippen LogP contribution in [-0.2, 0) is 14.8 Å². The van der Waals surface area contributed by atoms with E-state index in [1.165, 1.54) is 22.5 Å². The molecule has 28 heavy (non-hydrogen) atoms. The minimum Gasteiger partial charge on any atom is -0.454 e. The molecule has 0 N–H and O–H groups in total. The first-order chi connectivity index (χ1) is 13.2. The number of sulfonamides is 1. The maximum atomic E-state index is 13.6. The topological polar surface area (TPSA) is 80.8 Å². The lowest BCUT2D eigenvalue weighted by Gasteiger charge is -2.18. The van der Waals surface area contributed by atoms with Crippen molar-refractivity contribution in [1.29, 1.82) is 0 Å². The highest BCUT2D eigenvalue weighted by atomic mass is 32.2. The van der Waals surface area contributed by atoms with Crippen molar-refractivity contribution >= 4 is 21.8 Å². The van der Waals surface area contributed by atoms with Crippen LogP contribution in [-0.4, -0.2) is 44.2 Å². The highest BCUT2D eigenvalue weighted by molar-refractivity contribution is 7.89. The Bertz CT molecular complexity index is 988. The van der Waals surface area contributed by atoms with E-state index in [-0.39, 0.29) is 23.5 Å². The molecule has 0 saturated heterocycles. The van der Waals surface area contributed by atoms with E-state index in [1.54, 1.807) is 13.8 Å². The number of hydrogen-bond donors (Lipinski definition) is 0. The molecule has 0 saturated carbocycles. The van der Waals surface area contributed by atoms with Crippen molar-refractivity contribution in [3.05, 3.63) is 65.2 Å². The van der Waals surface area contributed by atoms with E-state index in [4.69, 9.17) is 4.74 Å². The second kappa shape index (κ2) is 9.03. The summed E-state index contributed by atoms with van der Waals surface area (Å²) in [5.41, 5.74) is -0.619. The fourth-order valence-corrected chi connectivity index (χ4v) is 4.00. The molecule has 0 aliphatic carbocycles. The standard InChI is InChI=1S/C19H19F2NO5S/c1-3-22(4-2)28(25,26)15-7-5-6-13(10-15)19(24)27-12-18(23)16-11-14(20)8-9-17(16)21/h5-11H,3-4,12H2,1-2H3. The summed E-state index contributed by atoms with van der Waals surface area (Å²) in [7, 11) is -3.77. The Hall–Kier alpha value is -2.65. The first-order valence-corrected chi connectivity index (χ1v) is 9.90. The summed E-state index contributed by atoms with van der Waals surface area (Å²) in [6, 6.07) is 7.56. The first-order valence-electron chi connectivity index (χ1n) is 8.46. The van der Waals surface area contributed by atoms with Crippen LogP contribution in [0.25, 0.3) is 0 Å². The molecule has 2 aromatic rings. The molecule has 0 aromatic heterocycles. The van der Waals surface area contributed by atoms with E-state index in [9.17, 15) is 26.8 Å². The third-order valence-corrected chi connectivity index (χ3v) is 6.02. The molecular weight excluding hydrogens is 392 g/mol. The molecular formula is C19H19F2NO5S. The zero-order valence-electron chi connectivity index (χ0n) is 15.3. The molecule has 0 fully saturated rings. The number of carbonyl (C=O) groups is 2. The number of ketones is 1. The van der Waals surface area contributed by atoms with Gasteiger partial charge in [-0.2, -0.15) is 4.31 Å². The molecule has 6 nitrogen and oxygen atoms in total. The Morgan fingerprint density at radius 1 is 1.04 bits per heavy atom. The van der Waals surface area contributed by atoms with Crippen molar-refractivity contribution in [2.24, 2.45) is 0 Å². The Balaban J connectivity index is 2.15. The van der Waals surface area contributed by atoms with Crippen molar-refractivity contribution < 1.29 is 31.5 Å². The van der Waals surface area contributed by atoms with E-state index < -0.39 is 45.6 Å². The number of halogens is 2. The molecule has 9 heteroatoms. The van der Waals surface area contributed by atoms with Crippen molar-refractivity contribution in [3.8, 4) is 0 Å². The minimum absolute atomic E-state index is 0.0826. The zero-order chi connectivity index (χ0) is 20.9. The smallest absolute Gasteiger partial charge is 0.338 e. The van der Waals surface area contributed by atoms with Gasteiger partial charge in [0.2, 0.25) is 15.8 Å². The van der Waals surface area contributed by atoms with Crippen LogP contribution in [0.15, 0.2) is 47.4 Å². The van der Waals surface area contributed by atoms with E-state index in [2.05, 4.69) is 0 Å². The molecule has 0 aliphatic rings. The van der Waals surface area contributed by atoms with Gasteiger partial charge in [0.05, 0.1) is 16.0 Å². The molecule has 0 aliphatic heterocycles. The van der Waals surface area contributed by atoms with E-state index >= 15 is 0 Å². The van der Waals surface area contributed by atoms with Crippen LogP contribution in [0.1, 0.15) is 34.6 Å². The number of Topliss-reactive ketones (excluding diaryl/α,β-unsaturated/α-hetero) is 1. The Kier molecular flexibility index (Phi) is 6.98. The van der Waals surface area contributed by atoms with E-state index in [0.717, 1.165) is 18.2 Å². The predicted octanol–water partition coefficient (Wildman–Crippen LogP) is 3.04.